The standard InChI is InChI=1S/C31H33BrClN3O4/c1-6-19(2)39-26-17-20(18-34)7-16-25(26)29(37)35-27(22-10-14-24(33)15-11-22)28(21-8-12-23(32)13-9-21)36-30(38)40-31(3,4)5/h7-17,19,27-28H,6H2,1-5H3,(H,35,37)(H,36,38). The van der Waals surface area contributed by atoms with Crippen LogP contribution in [0.5, 0.6) is 5.75 Å². The highest BCUT2D eigenvalue weighted by Gasteiger charge is 2.31. The number of hydrogen-bond acceptors (Lipinski definition) is 5. The van der Waals surface area contributed by atoms with Gasteiger partial charge in [0.15, 0.2) is 0 Å². The van der Waals surface area contributed by atoms with Gasteiger partial charge in [-0.1, -0.05) is 58.7 Å². The van der Waals surface area contributed by atoms with Crippen molar-refractivity contribution in [2.24, 2.45) is 0 Å². The van der Waals surface area contributed by atoms with Gasteiger partial charge in [0.2, 0.25) is 0 Å². The van der Waals surface area contributed by atoms with Crippen LogP contribution in [0.3, 0.4) is 0 Å². The Morgan fingerprint density at radius 3 is 2.10 bits per heavy atom. The molecule has 210 valence electrons. The lowest BCUT2D eigenvalue weighted by atomic mass is 9.93. The van der Waals surface area contributed by atoms with E-state index >= 15 is 0 Å². The van der Waals surface area contributed by atoms with Gasteiger partial charge < -0.3 is 20.1 Å². The summed E-state index contributed by atoms with van der Waals surface area (Å²) < 4.78 is 12.4. The summed E-state index contributed by atoms with van der Waals surface area (Å²) in [5.74, 6) is -0.128. The molecule has 3 unspecified atom stereocenters. The van der Waals surface area contributed by atoms with E-state index in [0.717, 1.165) is 16.5 Å². The fourth-order valence-corrected chi connectivity index (χ4v) is 4.28. The highest BCUT2D eigenvalue weighted by molar-refractivity contribution is 9.10. The van der Waals surface area contributed by atoms with Gasteiger partial charge in [-0.05, 0) is 87.7 Å². The maximum Gasteiger partial charge on any atom is 0.408 e. The molecule has 3 atom stereocenters. The Bertz CT molecular complexity index is 1370. The molecule has 0 aliphatic carbocycles. The number of benzene rings is 3. The molecule has 3 aromatic rings. The first-order chi connectivity index (χ1) is 18.9. The van der Waals surface area contributed by atoms with Crippen LogP contribution in [-0.2, 0) is 4.74 Å². The first-order valence-corrected chi connectivity index (χ1v) is 14.1. The smallest absolute Gasteiger partial charge is 0.408 e. The monoisotopic (exact) mass is 625 g/mol. The van der Waals surface area contributed by atoms with E-state index < -0.39 is 29.7 Å². The minimum Gasteiger partial charge on any atom is -0.490 e. The molecule has 3 rings (SSSR count). The second-order valence-electron chi connectivity index (χ2n) is 10.3. The molecule has 0 fully saturated rings. The summed E-state index contributed by atoms with van der Waals surface area (Å²) in [4.78, 5) is 26.8. The van der Waals surface area contributed by atoms with Crippen LogP contribution in [0.1, 0.15) is 80.2 Å². The molecule has 2 N–H and O–H groups in total. The molecule has 0 radical (unpaired) electrons. The first-order valence-electron chi connectivity index (χ1n) is 12.9. The number of nitrogens with one attached hydrogen (secondary N) is 2. The highest BCUT2D eigenvalue weighted by atomic mass is 79.9. The van der Waals surface area contributed by atoms with Crippen LogP contribution in [0, 0.1) is 11.3 Å². The first kappa shape index (κ1) is 31.0. The number of carbonyl (C=O) groups is 2. The Labute approximate surface area is 249 Å². The summed E-state index contributed by atoms with van der Waals surface area (Å²) in [6, 6.07) is 19.8. The molecule has 40 heavy (non-hydrogen) atoms. The van der Waals surface area contributed by atoms with Gasteiger partial charge in [0.1, 0.15) is 11.4 Å². The summed E-state index contributed by atoms with van der Waals surface area (Å²) in [6.07, 6.45) is -0.0823. The van der Waals surface area contributed by atoms with Crippen molar-refractivity contribution >= 4 is 39.5 Å². The summed E-state index contributed by atoms with van der Waals surface area (Å²) in [5, 5.41) is 16.0. The van der Waals surface area contributed by atoms with Gasteiger partial charge in [-0.15, -0.1) is 0 Å². The predicted octanol–water partition coefficient (Wildman–Crippen LogP) is 7.89. The topological polar surface area (TPSA) is 100 Å². The minimum absolute atomic E-state index is 0.170. The van der Waals surface area contributed by atoms with Crippen molar-refractivity contribution in [2.45, 2.75) is 64.8 Å². The molecule has 0 aliphatic rings. The molecule has 0 bridgehead atoms. The van der Waals surface area contributed by atoms with E-state index in [1.54, 1.807) is 63.2 Å². The van der Waals surface area contributed by atoms with E-state index in [2.05, 4.69) is 32.6 Å². The molecule has 7 nitrogen and oxygen atoms in total. The van der Waals surface area contributed by atoms with Crippen molar-refractivity contribution in [2.75, 3.05) is 0 Å². The van der Waals surface area contributed by atoms with Crippen molar-refractivity contribution < 1.29 is 19.1 Å². The number of rotatable bonds is 9. The predicted molar refractivity (Wildman–Crippen MR) is 159 cm³/mol. The van der Waals surface area contributed by atoms with Crippen LogP contribution in [0.2, 0.25) is 5.02 Å². The molecular formula is C31H33BrClN3O4. The Kier molecular flexibility index (Phi) is 10.6. The zero-order valence-electron chi connectivity index (χ0n) is 23.1. The summed E-state index contributed by atoms with van der Waals surface area (Å²) >= 11 is 9.63. The van der Waals surface area contributed by atoms with Crippen LogP contribution >= 0.6 is 27.5 Å². The molecule has 3 aromatic carbocycles. The SMILES string of the molecule is CCC(C)Oc1cc(C#N)ccc1C(=O)NC(c1ccc(Cl)cc1)C(NC(=O)OC(C)(C)C)c1ccc(Br)cc1. The maximum absolute atomic E-state index is 13.8. The van der Waals surface area contributed by atoms with Gasteiger partial charge in [0.05, 0.1) is 35.4 Å². The van der Waals surface area contributed by atoms with Crippen LogP contribution in [0.15, 0.2) is 71.2 Å². The van der Waals surface area contributed by atoms with E-state index in [9.17, 15) is 14.9 Å². The minimum atomic E-state index is -0.731. The zero-order chi connectivity index (χ0) is 29.4. The number of nitrogens with zero attached hydrogens (tertiary/aromatic N) is 1. The fourth-order valence-electron chi connectivity index (χ4n) is 3.89. The molecule has 9 heteroatoms. The van der Waals surface area contributed by atoms with Crippen molar-refractivity contribution in [1.82, 2.24) is 10.6 Å². The Hall–Kier alpha value is -3.54. The lowest BCUT2D eigenvalue weighted by molar-refractivity contribution is 0.0487. The number of alkyl carbamates (subject to hydrolysis) is 1. The van der Waals surface area contributed by atoms with Gasteiger partial charge in [0.25, 0.3) is 5.91 Å². The van der Waals surface area contributed by atoms with Crippen molar-refractivity contribution in [3.05, 3.63) is 98.5 Å². The van der Waals surface area contributed by atoms with Gasteiger partial charge >= 0.3 is 6.09 Å². The van der Waals surface area contributed by atoms with Crippen LogP contribution in [-0.4, -0.2) is 23.7 Å². The van der Waals surface area contributed by atoms with Crippen molar-refractivity contribution in [3.8, 4) is 11.8 Å². The van der Waals surface area contributed by atoms with Gasteiger partial charge in [-0.3, -0.25) is 4.79 Å². The second-order valence-corrected chi connectivity index (χ2v) is 11.7. The molecule has 0 saturated heterocycles. The Balaban J connectivity index is 2.09. The Morgan fingerprint density at radius 2 is 1.55 bits per heavy atom. The Morgan fingerprint density at radius 1 is 0.975 bits per heavy atom. The number of ether oxygens (including phenoxy) is 2. The second kappa shape index (κ2) is 13.7. The highest BCUT2D eigenvalue weighted by Crippen LogP contribution is 2.32. The van der Waals surface area contributed by atoms with E-state index in [0.29, 0.717) is 21.9 Å². The van der Waals surface area contributed by atoms with E-state index in [1.807, 2.05) is 38.1 Å². The van der Waals surface area contributed by atoms with Gasteiger partial charge in [-0.25, -0.2) is 4.79 Å². The van der Waals surface area contributed by atoms with Crippen LogP contribution < -0.4 is 15.4 Å². The number of hydrogen-bond donors (Lipinski definition) is 2. The molecule has 0 spiro atoms. The van der Waals surface area contributed by atoms with Crippen LogP contribution in [0.25, 0.3) is 0 Å². The molecular weight excluding hydrogens is 594 g/mol. The van der Waals surface area contributed by atoms with E-state index in [4.69, 9.17) is 21.1 Å². The lowest BCUT2D eigenvalue weighted by Gasteiger charge is -2.31. The third-order valence-electron chi connectivity index (χ3n) is 6.01. The van der Waals surface area contributed by atoms with Crippen LogP contribution in [0.4, 0.5) is 4.79 Å². The largest absolute Gasteiger partial charge is 0.490 e. The summed E-state index contributed by atoms with van der Waals surface area (Å²) in [6.45, 7) is 9.21. The quantitative estimate of drug-likeness (QED) is 0.252. The average molecular weight is 627 g/mol. The van der Waals surface area contributed by atoms with E-state index in [-0.39, 0.29) is 11.7 Å². The number of amides is 2. The lowest BCUT2D eigenvalue weighted by Crippen LogP contribution is -2.42. The molecule has 0 saturated carbocycles. The normalized spacial score (nSPS) is 13.3. The van der Waals surface area contributed by atoms with E-state index in [1.165, 1.54) is 0 Å². The number of nitriles is 1. The molecule has 0 heterocycles. The summed E-state index contributed by atoms with van der Waals surface area (Å²) in [7, 11) is 0. The maximum atomic E-state index is 13.8. The molecule has 0 aromatic heterocycles. The number of carbonyl (C=O) groups excluding carboxylic acids is 2. The molecule has 2 amide bonds. The van der Waals surface area contributed by atoms with Gasteiger partial charge in [-0.2, -0.15) is 5.26 Å². The third-order valence-corrected chi connectivity index (χ3v) is 6.79. The zero-order valence-corrected chi connectivity index (χ0v) is 25.5. The third kappa shape index (κ3) is 8.73. The summed E-state index contributed by atoms with van der Waals surface area (Å²) in [5.41, 5.74) is 1.37. The fraction of sp³-hybridized carbons (Fsp3) is 0.323. The average Bonchev–Trinajstić information content (AvgIpc) is 2.90. The van der Waals surface area contributed by atoms with Crippen molar-refractivity contribution in [3.63, 3.8) is 0 Å². The van der Waals surface area contributed by atoms with Crippen molar-refractivity contribution in [1.29, 1.82) is 5.26 Å². The van der Waals surface area contributed by atoms with Gasteiger partial charge in [0, 0.05) is 9.50 Å². The number of halogens is 2. The molecule has 0 aliphatic heterocycles.